The van der Waals surface area contributed by atoms with E-state index in [9.17, 15) is 0 Å². The fourth-order valence-electron chi connectivity index (χ4n) is 2.15. The number of alkyl halides is 1. The zero-order valence-corrected chi connectivity index (χ0v) is 13.3. The van der Waals surface area contributed by atoms with Crippen molar-refractivity contribution in [1.29, 1.82) is 0 Å². The molecule has 0 saturated carbocycles. The zero-order valence-electron chi connectivity index (χ0n) is 11.7. The standard InChI is InChI=1S/C14H20ClN3S/c1-4-19-9-5-8-18-13(11(3)15)17-12-10(2)6-7-16-14(12)18/h6-7,11H,4-5,8-9H2,1-3H3. The SMILES string of the molecule is CCSCCCn1c(C(C)Cl)nc2c(C)ccnc21. The number of aryl methyl sites for hydroxylation is 2. The highest BCUT2D eigenvalue weighted by molar-refractivity contribution is 7.99. The minimum absolute atomic E-state index is 0.0903. The van der Waals surface area contributed by atoms with Crippen LogP contribution >= 0.6 is 23.4 Å². The molecule has 0 spiro atoms. The van der Waals surface area contributed by atoms with Gasteiger partial charge in [0.1, 0.15) is 11.3 Å². The molecule has 2 aromatic rings. The van der Waals surface area contributed by atoms with Gasteiger partial charge in [-0.2, -0.15) is 11.8 Å². The first-order valence-electron chi connectivity index (χ1n) is 6.68. The molecule has 0 radical (unpaired) electrons. The summed E-state index contributed by atoms with van der Waals surface area (Å²) < 4.78 is 2.18. The molecule has 0 fully saturated rings. The third kappa shape index (κ3) is 3.23. The van der Waals surface area contributed by atoms with Gasteiger partial charge in [0.05, 0.1) is 5.38 Å². The van der Waals surface area contributed by atoms with Gasteiger partial charge >= 0.3 is 0 Å². The molecule has 0 aliphatic rings. The highest BCUT2D eigenvalue weighted by Gasteiger charge is 2.16. The van der Waals surface area contributed by atoms with Crippen molar-refractivity contribution in [3.8, 4) is 0 Å². The van der Waals surface area contributed by atoms with Gasteiger partial charge in [0.15, 0.2) is 5.65 Å². The summed E-state index contributed by atoms with van der Waals surface area (Å²) in [6.07, 6.45) is 2.97. The van der Waals surface area contributed by atoms with Crippen LogP contribution in [0.2, 0.25) is 0 Å². The Balaban J connectivity index is 2.33. The molecule has 3 nitrogen and oxygen atoms in total. The molecule has 2 heterocycles. The van der Waals surface area contributed by atoms with Crippen molar-refractivity contribution in [2.24, 2.45) is 0 Å². The maximum atomic E-state index is 6.26. The molecule has 0 aromatic carbocycles. The number of hydrogen-bond donors (Lipinski definition) is 0. The Hall–Kier alpha value is -0.740. The van der Waals surface area contributed by atoms with E-state index in [1.165, 1.54) is 5.75 Å². The van der Waals surface area contributed by atoms with Crippen LogP contribution in [-0.2, 0) is 6.54 Å². The molecular weight excluding hydrogens is 278 g/mol. The Morgan fingerprint density at radius 2 is 2.26 bits per heavy atom. The summed E-state index contributed by atoms with van der Waals surface area (Å²) in [6, 6.07) is 2.00. The number of thioether (sulfide) groups is 1. The predicted octanol–water partition coefficient (Wildman–Crippen LogP) is 4.18. The van der Waals surface area contributed by atoms with Crippen LogP contribution in [0.15, 0.2) is 12.3 Å². The molecule has 1 atom stereocenters. The Morgan fingerprint density at radius 1 is 1.47 bits per heavy atom. The number of rotatable bonds is 6. The molecule has 5 heteroatoms. The minimum Gasteiger partial charge on any atom is -0.311 e. The van der Waals surface area contributed by atoms with E-state index >= 15 is 0 Å². The lowest BCUT2D eigenvalue weighted by atomic mass is 10.3. The molecule has 2 aromatic heterocycles. The first-order chi connectivity index (χ1) is 9.15. The molecule has 0 amide bonds. The zero-order chi connectivity index (χ0) is 13.8. The molecule has 104 valence electrons. The fourth-order valence-corrected chi connectivity index (χ4v) is 2.94. The Labute approximate surface area is 123 Å². The molecule has 0 saturated heterocycles. The van der Waals surface area contributed by atoms with Crippen molar-refractivity contribution in [3.63, 3.8) is 0 Å². The summed E-state index contributed by atoms with van der Waals surface area (Å²) in [5.74, 6) is 3.26. The van der Waals surface area contributed by atoms with Crippen molar-refractivity contribution >= 4 is 34.5 Å². The van der Waals surface area contributed by atoms with E-state index < -0.39 is 0 Å². The van der Waals surface area contributed by atoms with Gasteiger partial charge in [-0.15, -0.1) is 11.6 Å². The van der Waals surface area contributed by atoms with Crippen LogP contribution in [0.4, 0.5) is 0 Å². The van der Waals surface area contributed by atoms with Crippen LogP contribution < -0.4 is 0 Å². The van der Waals surface area contributed by atoms with Crippen LogP contribution in [0.25, 0.3) is 11.2 Å². The number of aromatic nitrogens is 3. The lowest BCUT2D eigenvalue weighted by molar-refractivity contribution is 0.653. The molecule has 1 unspecified atom stereocenters. The summed E-state index contributed by atoms with van der Waals surface area (Å²) in [5, 5.41) is -0.0903. The molecule has 0 N–H and O–H groups in total. The van der Waals surface area contributed by atoms with Crippen LogP contribution in [0.3, 0.4) is 0 Å². The van der Waals surface area contributed by atoms with E-state index in [1.54, 1.807) is 0 Å². The summed E-state index contributed by atoms with van der Waals surface area (Å²) >= 11 is 8.22. The summed E-state index contributed by atoms with van der Waals surface area (Å²) in [7, 11) is 0. The van der Waals surface area contributed by atoms with Gasteiger partial charge in [0.2, 0.25) is 0 Å². The second kappa shape index (κ2) is 6.62. The van der Waals surface area contributed by atoms with Crippen LogP contribution in [0.5, 0.6) is 0 Å². The second-order valence-corrected chi connectivity index (χ2v) is 6.64. The van der Waals surface area contributed by atoms with Crippen molar-refractivity contribution in [1.82, 2.24) is 14.5 Å². The second-order valence-electron chi connectivity index (χ2n) is 4.59. The third-order valence-electron chi connectivity index (χ3n) is 3.10. The van der Waals surface area contributed by atoms with E-state index in [4.69, 9.17) is 11.6 Å². The predicted molar refractivity (Wildman–Crippen MR) is 84.1 cm³/mol. The van der Waals surface area contributed by atoms with Gasteiger partial charge in [-0.05, 0) is 43.4 Å². The topological polar surface area (TPSA) is 30.7 Å². The Bertz CT molecular complexity index is 551. The van der Waals surface area contributed by atoms with Crippen LogP contribution in [-0.4, -0.2) is 26.0 Å². The van der Waals surface area contributed by atoms with E-state index in [0.717, 1.165) is 41.3 Å². The van der Waals surface area contributed by atoms with Gasteiger partial charge < -0.3 is 4.57 Å². The average molecular weight is 298 g/mol. The van der Waals surface area contributed by atoms with Gasteiger partial charge in [0, 0.05) is 12.7 Å². The monoisotopic (exact) mass is 297 g/mol. The van der Waals surface area contributed by atoms with E-state index in [-0.39, 0.29) is 5.38 Å². The van der Waals surface area contributed by atoms with Gasteiger partial charge in [-0.3, -0.25) is 0 Å². The average Bonchev–Trinajstić information content (AvgIpc) is 2.75. The quantitative estimate of drug-likeness (QED) is 0.592. The first kappa shape index (κ1) is 14.7. The smallest absolute Gasteiger partial charge is 0.160 e. The minimum atomic E-state index is -0.0903. The fraction of sp³-hybridized carbons (Fsp3) is 0.571. The summed E-state index contributed by atoms with van der Waals surface area (Å²) in [4.78, 5) is 9.15. The van der Waals surface area contributed by atoms with Crippen LogP contribution in [0.1, 0.15) is 37.0 Å². The van der Waals surface area contributed by atoms with Gasteiger partial charge in [-0.25, -0.2) is 9.97 Å². The Morgan fingerprint density at radius 3 is 2.95 bits per heavy atom. The summed E-state index contributed by atoms with van der Waals surface area (Å²) in [5.41, 5.74) is 3.10. The third-order valence-corrected chi connectivity index (χ3v) is 4.28. The molecular formula is C14H20ClN3S. The highest BCUT2D eigenvalue weighted by atomic mass is 35.5. The maximum absolute atomic E-state index is 6.26. The van der Waals surface area contributed by atoms with Crippen molar-refractivity contribution in [3.05, 3.63) is 23.7 Å². The summed E-state index contributed by atoms with van der Waals surface area (Å²) in [6.45, 7) is 7.16. The molecule has 0 bridgehead atoms. The largest absolute Gasteiger partial charge is 0.311 e. The van der Waals surface area contributed by atoms with Crippen molar-refractivity contribution in [2.75, 3.05) is 11.5 Å². The van der Waals surface area contributed by atoms with Crippen molar-refractivity contribution < 1.29 is 0 Å². The molecule has 2 rings (SSSR count). The number of halogens is 1. The number of fused-ring (bicyclic) bond motifs is 1. The van der Waals surface area contributed by atoms with Crippen molar-refractivity contribution in [2.45, 2.75) is 39.1 Å². The first-order valence-corrected chi connectivity index (χ1v) is 8.27. The highest BCUT2D eigenvalue weighted by Crippen LogP contribution is 2.25. The number of pyridine rings is 1. The maximum Gasteiger partial charge on any atom is 0.160 e. The number of imidazole rings is 1. The molecule has 19 heavy (non-hydrogen) atoms. The normalized spacial score (nSPS) is 13.1. The lowest BCUT2D eigenvalue weighted by Gasteiger charge is -2.09. The Kier molecular flexibility index (Phi) is 5.11. The number of hydrogen-bond acceptors (Lipinski definition) is 3. The van der Waals surface area contributed by atoms with E-state index in [1.807, 2.05) is 30.9 Å². The molecule has 0 aliphatic heterocycles. The van der Waals surface area contributed by atoms with E-state index in [0.29, 0.717) is 0 Å². The van der Waals surface area contributed by atoms with E-state index in [2.05, 4.69) is 28.4 Å². The molecule has 0 aliphatic carbocycles. The lowest BCUT2D eigenvalue weighted by Crippen LogP contribution is -2.06. The number of nitrogens with zero attached hydrogens (tertiary/aromatic N) is 3. The van der Waals surface area contributed by atoms with Crippen LogP contribution in [0, 0.1) is 6.92 Å². The van der Waals surface area contributed by atoms with Gasteiger partial charge in [-0.1, -0.05) is 6.92 Å². The van der Waals surface area contributed by atoms with Gasteiger partial charge in [0.25, 0.3) is 0 Å².